The van der Waals surface area contributed by atoms with E-state index in [0.717, 1.165) is 28.7 Å². The number of nitrogens with zero attached hydrogens (tertiary/aromatic N) is 4. The monoisotopic (exact) mass is 525 g/mol. The molecule has 0 aliphatic carbocycles. The number of anilines is 1. The van der Waals surface area contributed by atoms with E-state index in [1.165, 1.54) is 11.9 Å². The zero-order chi connectivity index (χ0) is 26.3. The summed E-state index contributed by atoms with van der Waals surface area (Å²) in [6, 6.07) is 15.8. The Hall–Kier alpha value is -2.45. The van der Waals surface area contributed by atoms with Crippen LogP contribution in [0.4, 0.5) is 5.82 Å². The van der Waals surface area contributed by atoms with Gasteiger partial charge in [0.1, 0.15) is 10.8 Å². The van der Waals surface area contributed by atoms with Crippen molar-refractivity contribution < 1.29 is 4.79 Å². The first-order valence-corrected chi connectivity index (χ1v) is 15.7. The van der Waals surface area contributed by atoms with E-state index in [0.29, 0.717) is 17.3 Å². The Balaban J connectivity index is 1.71. The number of nitrogens with one attached hydrogen (secondary N) is 1. The largest absolute Gasteiger partial charge is 0.350 e. The van der Waals surface area contributed by atoms with Gasteiger partial charge in [-0.05, 0) is 85.7 Å². The fourth-order valence-corrected chi connectivity index (χ4v) is 6.51. The summed E-state index contributed by atoms with van der Waals surface area (Å²) in [6.45, 7) is 14.4. The zero-order valence-electron chi connectivity index (χ0n) is 22.7. The van der Waals surface area contributed by atoms with Crippen molar-refractivity contribution in [2.24, 2.45) is 5.92 Å². The Kier molecular flexibility index (Phi) is 7.23. The molecule has 1 amide bonds. The molecule has 1 fully saturated rings. The number of rotatable bonds is 6. The number of pyridine rings is 1. The van der Waals surface area contributed by atoms with Gasteiger partial charge in [-0.1, -0.05) is 45.9 Å². The third-order valence-electron chi connectivity index (χ3n) is 7.29. The minimum Gasteiger partial charge on any atom is -0.350 e. The molecule has 4 rings (SSSR count). The maximum Gasteiger partial charge on any atom is 0.265 e. The van der Waals surface area contributed by atoms with Crippen LogP contribution in [0.1, 0.15) is 58.3 Å². The van der Waals surface area contributed by atoms with Crippen LogP contribution in [0.3, 0.4) is 0 Å². The average molecular weight is 526 g/mol. The number of aromatic nitrogens is 3. The Morgan fingerprint density at radius 1 is 1.11 bits per heavy atom. The summed E-state index contributed by atoms with van der Waals surface area (Å²) in [5.41, 5.74) is 0.484. The van der Waals surface area contributed by atoms with Gasteiger partial charge in [0.15, 0.2) is 5.82 Å². The van der Waals surface area contributed by atoms with Gasteiger partial charge in [-0.15, -0.1) is 0 Å². The Morgan fingerprint density at radius 2 is 1.81 bits per heavy atom. The highest BCUT2D eigenvalue weighted by Gasteiger charge is 2.39. The van der Waals surface area contributed by atoms with Crippen molar-refractivity contribution in [3.05, 3.63) is 60.3 Å². The maximum absolute atomic E-state index is 13.4. The van der Waals surface area contributed by atoms with Crippen LogP contribution in [-0.4, -0.2) is 50.0 Å². The van der Waals surface area contributed by atoms with Gasteiger partial charge in [0.2, 0.25) is 0 Å². The van der Waals surface area contributed by atoms with Gasteiger partial charge >= 0.3 is 0 Å². The summed E-state index contributed by atoms with van der Waals surface area (Å²) in [6.07, 6.45) is 7.66. The summed E-state index contributed by atoms with van der Waals surface area (Å²) < 4.78 is 5.00. The zero-order valence-corrected chi connectivity index (χ0v) is 24.3. The summed E-state index contributed by atoms with van der Waals surface area (Å²) in [5, 5.41) is 6.06. The van der Waals surface area contributed by atoms with Crippen LogP contribution < -0.4 is 9.62 Å². The van der Waals surface area contributed by atoms with E-state index in [1.54, 1.807) is 0 Å². The number of amides is 1. The molecule has 2 aromatic heterocycles. The fourth-order valence-electron chi connectivity index (χ4n) is 4.58. The highest BCUT2D eigenvalue weighted by molar-refractivity contribution is 8.33. The number of carbonyl (C=O) groups is 1. The average Bonchev–Trinajstić information content (AvgIpc) is 3.41. The van der Waals surface area contributed by atoms with E-state index in [4.69, 9.17) is 10.1 Å². The van der Waals surface area contributed by atoms with Gasteiger partial charge in [-0.3, -0.25) is 9.52 Å². The van der Waals surface area contributed by atoms with Crippen molar-refractivity contribution in [1.82, 2.24) is 19.5 Å². The van der Waals surface area contributed by atoms with Crippen molar-refractivity contribution >= 4 is 33.7 Å². The molecule has 0 unspecified atom stereocenters. The quantitative estimate of drug-likeness (QED) is 0.370. The Bertz CT molecular complexity index is 1230. The van der Waals surface area contributed by atoms with Crippen LogP contribution in [0.15, 0.2) is 64.6 Å². The molecule has 1 aromatic carbocycles. The summed E-state index contributed by atoms with van der Waals surface area (Å²) >= 11 is 1.32. The van der Waals surface area contributed by atoms with Gasteiger partial charge in [0, 0.05) is 23.2 Å². The van der Waals surface area contributed by atoms with Crippen LogP contribution in [0.25, 0.3) is 5.82 Å². The fraction of sp³-hybridized carbons (Fsp3) is 0.464. The van der Waals surface area contributed by atoms with E-state index in [-0.39, 0.29) is 16.2 Å². The van der Waals surface area contributed by atoms with E-state index in [1.807, 2.05) is 53.3 Å². The highest BCUT2D eigenvalue weighted by Crippen LogP contribution is 2.58. The van der Waals surface area contributed by atoms with Gasteiger partial charge < -0.3 is 4.90 Å². The first-order chi connectivity index (χ1) is 16.8. The highest BCUT2D eigenvalue weighted by atomic mass is 32.3. The van der Waals surface area contributed by atoms with Crippen molar-refractivity contribution in [3.8, 4) is 5.82 Å². The number of hydrogen-bond donors (Lipinski definition) is 1. The molecule has 1 atom stereocenters. The minimum absolute atomic E-state index is 0.0969. The molecule has 3 aromatic rings. The summed E-state index contributed by atoms with van der Waals surface area (Å²) in [5.74, 6) is 1.82. The molecule has 1 saturated heterocycles. The van der Waals surface area contributed by atoms with Crippen LogP contribution >= 0.6 is 22.0 Å². The minimum atomic E-state index is -1.11. The molecular formula is C28H39N5OS2. The van der Waals surface area contributed by atoms with Crippen molar-refractivity contribution in [1.29, 1.82) is 0 Å². The third-order valence-corrected chi connectivity index (χ3v) is 12.4. The second-order valence-corrected chi connectivity index (χ2v) is 16.8. The van der Waals surface area contributed by atoms with E-state index in [2.05, 4.69) is 69.7 Å². The molecule has 1 aliphatic rings. The molecular weight excluding hydrogens is 486 g/mol. The third kappa shape index (κ3) is 5.30. The molecule has 8 heteroatoms. The first-order valence-electron chi connectivity index (χ1n) is 12.4. The number of hydrogen-bond acceptors (Lipinski definition) is 5. The molecule has 194 valence electrons. The van der Waals surface area contributed by atoms with E-state index in [9.17, 15) is 4.79 Å². The van der Waals surface area contributed by atoms with Gasteiger partial charge in [-0.2, -0.15) is 15.1 Å². The lowest BCUT2D eigenvalue weighted by Crippen LogP contribution is -2.40. The van der Waals surface area contributed by atoms with Gasteiger partial charge in [0.05, 0.1) is 5.56 Å². The topological polar surface area (TPSA) is 63.1 Å². The molecule has 1 aliphatic heterocycles. The second-order valence-electron chi connectivity index (χ2n) is 11.7. The Labute approximate surface area is 221 Å². The lowest BCUT2D eigenvalue weighted by atomic mass is 9.97. The first kappa shape index (κ1) is 26.6. The molecule has 36 heavy (non-hydrogen) atoms. The molecule has 0 spiro atoms. The van der Waals surface area contributed by atoms with Crippen molar-refractivity contribution in [2.45, 2.75) is 68.2 Å². The standard InChI is InChI=1S/C28H39N5OS2/c1-20-18-28(5,6)32(19-20)25-22(26(34)31-35-21-12-10-9-11-13-21)14-15-23(29-25)33-17-16-24(30-33)36(7,8)27(2,3)4/h9-17,20H,18-19H2,1-8H3,(H,31,34)/t20-/m0/s1. The Morgan fingerprint density at radius 3 is 2.42 bits per heavy atom. The molecule has 1 N–H and O–H groups in total. The smallest absolute Gasteiger partial charge is 0.265 e. The lowest BCUT2D eigenvalue weighted by molar-refractivity contribution is 0.0984. The van der Waals surface area contributed by atoms with Crippen molar-refractivity contribution in [3.63, 3.8) is 0 Å². The van der Waals surface area contributed by atoms with Crippen LogP contribution in [0, 0.1) is 5.92 Å². The van der Waals surface area contributed by atoms with Crippen molar-refractivity contribution in [2.75, 3.05) is 24.0 Å². The predicted molar refractivity (Wildman–Crippen MR) is 154 cm³/mol. The molecule has 0 bridgehead atoms. The van der Waals surface area contributed by atoms with Gasteiger partial charge in [-0.25, -0.2) is 9.67 Å². The van der Waals surface area contributed by atoms with Crippen LogP contribution in [0.5, 0.6) is 0 Å². The van der Waals surface area contributed by atoms with Crippen LogP contribution in [0.2, 0.25) is 0 Å². The summed E-state index contributed by atoms with van der Waals surface area (Å²) in [4.78, 5) is 21.7. The summed E-state index contributed by atoms with van der Waals surface area (Å²) in [7, 11) is -1.11. The molecule has 3 heterocycles. The normalized spacial score (nSPS) is 18.3. The SMILES string of the molecule is C[C@@H]1CN(c2nc(-n3ccc(S(C)(C)C(C)(C)C)n3)ccc2C(=O)NSc2ccccc2)C(C)(C)C1. The van der Waals surface area contributed by atoms with Gasteiger partial charge in [0.25, 0.3) is 5.91 Å². The maximum atomic E-state index is 13.4. The predicted octanol–water partition coefficient (Wildman–Crippen LogP) is 6.55. The van der Waals surface area contributed by atoms with E-state index >= 15 is 0 Å². The molecule has 0 radical (unpaired) electrons. The number of benzene rings is 1. The number of carbonyl (C=O) groups excluding carboxylic acids is 1. The lowest BCUT2D eigenvalue weighted by Gasteiger charge is -2.42. The second kappa shape index (κ2) is 9.78. The van der Waals surface area contributed by atoms with Crippen LogP contribution in [-0.2, 0) is 0 Å². The molecule has 6 nitrogen and oxygen atoms in total. The molecule has 0 saturated carbocycles. The van der Waals surface area contributed by atoms with E-state index < -0.39 is 10.0 Å².